The van der Waals surface area contributed by atoms with Crippen molar-refractivity contribution in [3.63, 3.8) is 0 Å². The maximum absolute atomic E-state index is 15.0. The van der Waals surface area contributed by atoms with E-state index < -0.39 is 17.8 Å². The SMILES string of the molecule is Fc1ccc(F)c(C(F)C2CCN(C3=Nc4cncc(Cl)c4N(C4CC4)C3)CC2)c1. The molecule has 1 saturated heterocycles. The summed E-state index contributed by atoms with van der Waals surface area (Å²) >= 11 is 6.39. The van der Waals surface area contributed by atoms with Crippen LogP contribution in [0.1, 0.15) is 37.4 Å². The van der Waals surface area contributed by atoms with E-state index in [1.165, 1.54) is 0 Å². The van der Waals surface area contributed by atoms with Crippen LogP contribution in [-0.2, 0) is 0 Å². The average molecular weight is 435 g/mol. The molecule has 8 heteroatoms. The van der Waals surface area contributed by atoms with Gasteiger partial charge in [-0.25, -0.2) is 18.2 Å². The lowest BCUT2D eigenvalue weighted by molar-refractivity contribution is 0.152. The molecule has 2 fully saturated rings. The lowest BCUT2D eigenvalue weighted by Crippen LogP contribution is -2.46. The van der Waals surface area contributed by atoms with E-state index in [1.54, 1.807) is 12.4 Å². The smallest absolute Gasteiger partial charge is 0.131 e. The van der Waals surface area contributed by atoms with Crippen LogP contribution in [0.3, 0.4) is 0 Å². The van der Waals surface area contributed by atoms with Gasteiger partial charge in [-0.2, -0.15) is 0 Å². The first-order chi connectivity index (χ1) is 14.5. The minimum atomic E-state index is -1.51. The van der Waals surface area contributed by atoms with Crippen molar-refractivity contribution in [2.45, 2.75) is 37.9 Å². The van der Waals surface area contributed by atoms with E-state index in [4.69, 9.17) is 16.6 Å². The molecule has 30 heavy (non-hydrogen) atoms. The Balaban J connectivity index is 1.31. The minimum Gasteiger partial charge on any atom is -0.359 e. The molecule has 0 radical (unpaired) electrons. The fraction of sp³-hybridized carbons (Fsp3) is 0.455. The fourth-order valence-corrected chi connectivity index (χ4v) is 4.75. The van der Waals surface area contributed by atoms with E-state index in [0.29, 0.717) is 43.5 Å². The van der Waals surface area contributed by atoms with E-state index >= 15 is 0 Å². The number of fused-ring (bicyclic) bond motifs is 1. The van der Waals surface area contributed by atoms with Crippen LogP contribution >= 0.6 is 11.6 Å². The van der Waals surface area contributed by atoms with Gasteiger partial charge in [-0.15, -0.1) is 0 Å². The number of hydrogen-bond donors (Lipinski definition) is 0. The van der Waals surface area contributed by atoms with E-state index in [0.717, 1.165) is 48.3 Å². The van der Waals surface area contributed by atoms with Crippen molar-refractivity contribution in [3.8, 4) is 0 Å². The largest absolute Gasteiger partial charge is 0.359 e. The van der Waals surface area contributed by atoms with Gasteiger partial charge in [0.2, 0.25) is 0 Å². The summed E-state index contributed by atoms with van der Waals surface area (Å²) in [5.41, 5.74) is 1.53. The van der Waals surface area contributed by atoms with E-state index in [-0.39, 0.29) is 11.5 Å². The van der Waals surface area contributed by atoms with Gasteiger partial charge in [0.1, 0.15) is 29.3 Å². The van der Waals surface area contributed by atoms with Crippen molar-refractivity contribution in [1.82, 2.24) is 9.88 Å². The Morgan fingerprint density at radius 1 is 1.07 bits per heavy atom. The second-order valence-corrected chi connectivity index (χ2v) is 8.68. The molecule has 0 spiro atoms. The van der Waals surface area contributed by atoms with Crippen LogP contribution in [0.4, 0.5) is 24.5 Å². The standard InChI is InChI=1S/C22H22ClF3N4/c23-17-10-27-11-19-22(17)30(15-2-3-15)12-20(28-19)29-7-5-13(6-8-29)21(26)16-9-14(24)1-4-18(16)25/h1,4,9-11,13,15,21H,2-3,5-8,12H2. The molecule has 1 aromatic heterocycles. The monoisotopic (exact) mass is 434 g/mol. The maximum atomic E-state index is 15.0. The number of pyridine rings is 1. The summed E-state index contributed by atoms with van der Waals surface area (Å²) in [6, 6.07) is 3.45. The quantitative estimate of drug-likeness (QED) is 0.644. The molecule has 0 bridgehead atoms. The van der Waals surface area contributed by atoms with Crippen LogP contribution in [-0.4, -0.2) is 41.4 Å². The number of rotatable bonds is 3. The minimum absolute atomic E-state index is 0.182. The van der Waals surface area contributed by atoms with Crippen molar-refractivity contribution < 1.29 is 13.2 Å². The normalized spacial score (nSPS) is 20.7. The third-order valence-electron chi connectivity index (χ3n) is 6.26. The molecule has 3 heterocycles. The van der Waals surface area contributed by atoms with E-state index in [9.17, 15) is 13.2 Å². The molecule has 3 aliphatic rings. The van der Waals surface area contributed by atoms with Crippen LogP contribution in [0.25, 0.3) is 0 Å². The molecule has 158 valence electrons. The number of likely N-dealkylation sites (tertiary alicyclic amines) is 1. The first-order valence-electron chi connectivity index (χ1n) is 10.3. The van der Waals surface area contributed by atoms with Crippen molar-refractivity contribution in [2.24, 2.45) is 10.9 Å². The van der Waals surface area contributed by atoms with Gasteiger partial charge in [-0.1, -0.05) is 11.6 Å². The highest BCUT2D eigenvalue weighted by Crippen LogP contribution is 2.44. The van der Waals surface area contributed by atoms with Gasteiger partial charge in [0.25, 0.3) is 0 Å². The van der Waals surface area contributed by atoms with Crippen LogP contribution < -0.4 is 4.90 Å². The molecule has 0 amide bonds. The predicted molar refractivity (Wildman–Crippen MR) is 111 cm³/mol. The van der Waals surface area contributed by atoms with Crippen molar-refractivity contribution in [3.05, 3.63) is 52.8 Å². The molecule has 1 atom stereocenters. The third-order valence-corrected chi connectivity index (χ3v) is 6.54. The number of aromatic nitrogens is 1. The highest BCUT2D eigenvalue weighted by atomic mass is 35.5. The molecule has 1 unspecified atom stereocenters. The van der Waals surface area contributed by atoms with Gasteiger partial charge in [-0.05, 0) is 49.8 Å². The number of alkyl halides is 1. The average Bonchev–Trinajstić information content (AvgIpc) is 3.60. The number of halogens is 4. The highest BCUT2D eigenvalue weighted by Gasteiger charge is 2.37. The highest BCUT2D eigenvalue weighted by molar-refractivity contribution is 6.34. The zero-order valence-corrected chi connectivity index (χ0v) is 17.1. The van der Waals surface area contributed by atoms with Crippen LogP contribution in [0.2, 0.25) is 5.02 Å². The number of anilines is 1. The van der Waals surface area contributed by atoms with Crippen LogP contribution in [0.5, 0.6) is 0 Å². The Bertz CT molecular complexity index is 986. The zero-order chi connectivity index (χ0) is 20.8. The Kier molecular flexibility index (Phi) is 5.09. The van der Waals surface area contributed by atoms with Gasteiger partial charge in [-0.3, -0.25) is 4.98 Å². The lowest BCUT2D eigenvalue weighted by atomic mass is 9.88. The van der Waals surface area contributed by atoms with Gasteiger partial charge < -0.3 is 9.80 Å². The fourth-order valence-electron chi connectivity index (χ4n) is 4.49. The first kappa shape index (κ1) is 19.7. The van der Waals surface area contributed by atoms with Gasteiger partial charge >= 0.3 is 0 Å². The summed E-state index contributed by atoms with van der Waals surface area (Å²) < 4.78 is 42.4. The molecule has 5 rings (SSSR count). The molecule has 0 N–H and O–H groups in total. The second kappa shape index (κ2) is 7.76. The van der Waals surface area contributed by atoms with Gasteiger partial charge in [0, 0.05) is 30.9 Å². The topological polar surface area (TPSA) is 31.7 Å². The van der Waals surface area contributed by atoms with E-state index in [1.807, 2.05) is 0 Å². The molecule has 1 aliphatic carbocycles. The summed E-state index contributed by atoms with van der Waals surface area (Å²) in [6.07, 6.45) is 5.25. The second-order valence-electron chi connectivity index (χ2n) is 8.27. The number of nitrogens with zero attached hydrogens (tertiary/aromatic N) is 4. The van der Waals surface area contributed by atoms with Crippen molar-refractivity contribution in [1.29, 1.82) is 0 Å². The Morgan fingerprint density at radius 2 is 1.83 bits per heavy atom. The van der Waals surface area contributed by atoms with Crippen LogP contribution in [0.15, 0.2) is 35.6 Å². The summed E-state index contributed by atoms with van der Waals surface area (Å²) in [4.78, 5) is 13.4. The van der Waals surface area contributed by atoms with Crippen LogP contribution in [0, 0.1) is 17.6 Å². The zero-order valence-electron chi connectivity index (χ0n) is 16.4. The Morgan fingerprint density at radius 3 is 2.57 bits per heavy atom. The number of piperidine rings is 1. The summed E-state index contributed by atoms with van der Waals surface area (Å²) in [5, 5.41) is 0.610. The van der Waals surface area contributed by atoms with Crippen molar-refractivity contribution >= 4 is 28.8 Å². The van der Waals surface area contributed by atoms with E-state index in [2.05, 4.69) is 14.8 Å². The molecule has 2 aromatic rings. The number of amidine groups is 1. The first-order valence-corrected chi connectivity index (χ1v) is 10.7. The lowest BCUT2D eigenvalue weighted by Gasteiger charge is -2.39. The third kappa shape index (κ3) is 3.64. The van der Waals surface area contributed by atoms with Crippen molar-refractivity contribution in [2.75, 3.05) is 24.5 Å². The number of aliphatic imine (C=N–C) groups is 1. The molecular weight excluding hydrogens is 413 g/mol. The van der Waals surface area contributed by atoms with Gasteiger partial charge in [0.05, 0.1) is 23.5 Å². The maximum Gasteiger partial charge on any atom is 0.131 e. The molecular formula is C22H22ClF3N4. The summed E-state index contributed by atoms with van der Waals surface area (Å²) in [6.45, 7) is 1.93. The van der Waals surface area contributed by atoms with Gasteiger partial charge in [0.15, 0.2) is 0 Å². The Hall–Kier alpha value is -2.28. The molecule has 2 aliphatic heterocycles. The number of benzene rings is 1. The summed E-state index contributed by atoms with van der Waals surface area (Å²) in [7, 11) is 0. The predicted octanol–water partition coefficient (Wildman–Crippen LogP) is 5.45. The number of hydrogen-bond acceptors (Lipinski definition) is 4. The molecule has 4 nitrogen and oxygen atoms in total. The summed E-state index contributed by atoms with van der Waals surface area (Å²) in [5.74, 6) is -0.716. The molecule has 1 aromatic carbocycles. The Labute approximate surface area is 178 Å². The molecule has 1 saturated carbocycles.